The molecule has 0 radical (unpaired) electrons. The molecule has 0 saturated heterocycles. The Balaban J connectivity index is 2.50. The molecule has 0 aliphatic rings. The van der Waals surface area contributed by atoms with Gasteiger partial charge in [-0.1, -0.05) is 11.6 Å². The number of hydrogen-bond donors (Lipinski definition) is 0. The van der Waals surface area contributed by atoms with Crippen molar-refractivity contribution >= 4 is 33.3 Å². The third-order valence-corrected chi connectivity index (χ3v) is 3.28. The highest BCUT2D eigenvalue weighted by Gasteiger charge is 2.19. The summed E-state index contributed by atoms with van der Waals surface area (Å²) in [6, 6.07) is 5.90. The minimum Gasteiger partial charge on any atom is -0.461 e. The van der Waals surface area contributed by atoms with Crippen molar-refractivity contribution in [2.45, 2.75) is 0 Å². The minimum atomic E-state index is -0.752. The van der Waals surface area contributed by atoms with Crippen LogP contribution in [-0.2, 0) is 0 Å². The number of hydrogen-bond acceptors (Lipinski definition) is 2. The second-order valence-electron chi connectivity index (χ2n) is 3.03. The first kappa shape index (κ1) is 11.4. The predicted octanol–water partition coefficient (Wildman–Crippen LogP) is 4.07. The molecule has 1 aromatic carbocycles. The van der Waals surface area contributed by atoms with Crippen molar-refractivity contribution in [3.05, 3.63) is 57.2 Å². The van der Waals surface area contributed by atoms with Gasteiger partial charge in [-0.05, 0) is 40.2 Å². The van der Waals surface area contributed by atoms with Crippen molar-refractivity contribution in [1.29, 1.82) is 0 Å². The number of ketones is 1. The normalized spacial score (nSPS) is 10.4. The van der Waals surface area contributed by atoms with Gasteiger partial charge in [0.25, 0.3) is 0 Å². The maximum atomic E-state index is 13.7. The summed E-state index contributed by atoms with van der Waals surface area (Å²) in [6.07, 6.45) is 1.35. The lowest BCUT2D eigenvalue weighted by atomic mass is 10.1. The van der Waals surface area contributed by atoms with Crippen LogP contribution >= 0.6 is 27.5 Å². The smallest absolute Gasteiger partial charge is 0.231 e. The topological polar surface area (TPSA) is 30.2 Å². The third-order valence-electron chi connectivity index (χ3n) is 2.02. The lowest BCUT2D eigenvalue weighted by molar-refractivity contribution is 0.100. The fourth-order valence-electron chi connectivity index (χ4n) is 1.24. The SMILES string of the molecule is O=C(c1ccco1)c1ccc(Br)c(Cl)c1F. The van der Waals surface area contributed by atoms with E-state index in [2.05, 4.69) is 15.9 Å². The average Bonchev–Trinajstić information content (AvgIpc) is 2.79. The lowest BCUT2D eigenvalue weighted by Crippen LogP contribution is -2.03. The molecule has 2 rings (SSSR count). The molecule has 0 spiro atoms. The monoisotopic (exact) mass is 302 g/mol. The summed E-state index contributed by atoms with van der Waals surface area (Å²) in [4.78, 5) is 11.8. The lowest BCUT2D eigenvalue weighted by Gasteiger charge is -2.03. The Kier molecular flexibility index (Phi) is 3.12. The van der Waals surface area contributed by atoms with E-state index in [1.807, 2.05) is 0 Å². The van der Waals surface area contributed by atoms with Crippen molar-refractivity contribution in [3.63, 3.8) is 0 Å². The summed E-state index contributed by atoms with van der Waals surface area (Å²) in [5, 5.41) is -0.114. The molecular weight excluding hydrogens is 298 g/mol. The molecule has 2 aromatic rings. The zero-order valence-corrected chi connectivity index (χ0v) is 10.2. The highest BCUT2D eigenvalue weighted by molar-refractivity contribution is 9.10. The molecule has 1 aromatic heterocycles. The molecule has 2 nitrogen and oxygen atoms in total. The molecule has 0 aliphatic heterocycles. The van der Waals surface area contributed by atoms with Gasteiger partial charge in [0.1, 0.15) is 0 Å². The van der Waals surface area contributed by atoms with Gasteiger partial charge in [-0.25, -0.2) is 4.39 Å². The molecule has 0 amide bonds. The molecule has 0 N–H and O–H groups in total. The average molecular weight is 304 g/mol. The van der Waals surface area contributed by atoms with Gasteiger partial charge in [-0.3, -0.25) is 4.79 Å². The van der Waals surface area contributed by atoms with Gasteiger partial charge in [0.05, 0.1) is 16.8 Å². The Labute approximate surface area is 104 Å². The summed E-state index contributed by atoms with van der Waals surface area (Å²) < 4.78 is 19.0. The van der Waals surface area contributed by atoms with Crippen LogP contribution in [0.1, 0.15) is 16.1 Å². The quantitative estimate of drug-likeness (QED) is 0.618. The van der Waals surface area contributed by atoms with Crippen molar-refractivity contribution in [2.75, 3.05) is 0 Å². The Bertz CT molecular complexity index is 537. The number of rotatable bonds is 2. The molecule has 0 aliphatic carbocycles. The van der Waals surface area contributed by atoms with Crippen molar-refractivity contribution in [2.24, 2.45) is 0 Å². The Morgan fingerprint density at radius 1 is 1.38 bits per heavy atom. The maximum Gasteiger partial charge on any atom is 0.231 e. The molecule has 0 atom stereocenters. The zero-order chi connectivity index (χ0) is 11.7. The molecule has 16 heavy (non-hydrogen) atoms. The van der Waals surface area contributed by atoms with Crippen LogP contribution in [0.2, 0.25) is 5.02 Å². The maximum absolute atomic E-state index is 13.7. The second-order valence-corrected chi connectivity index (χ2v) is 4.26. The Morgan fingerprint density at radius 3 is 2.75 bits per heavy atom. The number of carbonyl (C=O) groups excluding carboxylic acids is 1. The minimum absolute atomic E-state index is 0.0808. The van der Waals surface area contributed by atoms with E-state index in [1.165, 1.54) is 24.5 Å². The van der Waals surface area contributed by atoms with E-state index in [4.69, 9.17) is 16.0 Å². The molecule has 82 valence electrons. The van der Waals surface area contributed by atoms with Gasteiger partial charge in [0.15, 0.2) is 11.6 Å². The van der Waals surface area contributed by atoms with Crippen LogP contribution in [0.4, 0.5) is 4.39 Å². The van der Waals surface area contributed by atoms with Gasteiger partial charge in [0, 0.05) is 4.47 Å². The molecular formula is C11H5BrClFO2. The highest BCUT2D eigenvalue weighted by Crippen LogP contribution is 2.28. The van der Waals surface area contributed by atoms with Crippen molar-refractivity contribution in [1.82, 2.24) is 0 Å². The summed E-state index contributed by atoms with van der Waals surface area (Å²) >= 11 is 8.75. The number of furan rings is 1. The second kappa shape index (κ2) is 4.39. The summed E-state index contributed by atoms with van der Waals surface area (Å²) in [5.41, 5.74) is -0.108. The van der Waals surface area contributed by atoms with E-state index >= 15 is 0 Å². The van der Waals surface area contributed by atoms with Crippen LogP contribution in [0.15, 0.2) is 39.4 Å². The third kappa shape index (κ3) is 1.90. The van der Waals surface area contributed by atoms with Crippen LogP contribution in [0.3, 0.4) is 0 Å². The number of benzene rings is 1. The fraction of sp³-hybridized carbons (Fsp3) is 0. The van der Waals surface area contributed by atoms with Crippen molar-refractivity contribution < 1.29 is 13.6 Å². The van der Waals surface area contributed by atoms with Gasteiger partial charge in [0.2, 0.25) is 5.78 Å². The van der Waals surface area contributed by atoms with E-state index in [1.54, 1.807) is 6.07 Å². The van der Waals surface area contributed by atoms with E-state index in [9.17, 15) is 9.18 Å². The summed E-state index contributed by atoms with van der Waals surface area (Å²) in [7, 11) is 0. The van der Waals surface area contributed by atoms with Crippen LogP contribution in [-0.4, -0.2) is 5.78 Å². The highest BCUT2D eigenvalue weighted by atomic mass is 79.9. The summed E-state index contributed by atoms with van der Waals surface area (Å²) in [5.74, 6) is -1.20. The molecule has 0 fully saturated rings. The van der Waals surface area contributed by atoms with Crippen LogP contribution in [0, 0.1) is 5.82 Å². The van der Waals surface area contributed by atoms with Crippen LogP contribution in [0.25, 0.3) is 0 Å². The molecule has 1 heterocycles. The first-order valence-corrected chi connectivity index (χ1v) is 5.50. The standard InChI is InChI=1S/C11H5BrClFO2/c12-7-4-3-6(10(14)9(7)13)11(15)8-2-1-5-16-8/h1-5H. The van der Waals surface area contributed by atoms with Crippen LogP contribution < -0.4 is 0 Å². The van der Waals surface area contributed by atoms with Crippen LogP contribution in [0.5, 0.6) is 0 Å². The molecule has 5 heteroatoms. The van der Waals surface area contributed by atoms with Gasteiger partial charge in [-0.2, -0.15) is 0 Å². The van der Waals surface area contributed by atoms with Gasteiger partial charge < -0.3 is 4.42 Å². The number of halogens is 3. The Hall–Kier alpha value is -1.13. The largest absolute Gasteiger partial charge is 0.461 e. The Morgan fingerprint density at radius 2 is 2.12 bits per heavy atom. The van der Waals surface area contributed by atoms with E-state index < -0.39 is 11.6 Å². The number of carbonyl (C=O) groups is 1. The first-order valence-electron chi connectivity index (χ1n) is 4.33. The molecule has 0 bridgehead atoms. The zero-order valence-electron chi connectivity index (χ0n) is 7.84. The molecule has 0 unspecified atom stereocenters. The van der Waals surface area contributed by atoms with E-state index in [0.717, 1.165) is 0 Å². The molecule has 0 saturated carbocycles. The van der Waals surface area contributed by atoms with E-state index in [0.29, 0.717) is 4.47 Å². The summed E-state index contributed by atoms with van der Waals surface area (Å²) in [6.45, 7) is 0. The van der Waals surface area contributed by atoms with E-state index in [-0.39, 0.29) is 16.3 Å². The fourth-order valence-corrected chi connectivity index (χ4v) is 1.71. The van der Waals surface area contributed by atoms with Crippen molar-refractivity contribution in [3.8, 4) is 0 Å². The predicted molar refractivity (Wildman–Crippen MR) is 61.3 cm³/mol. The first-order chi connectivity index (χ1) is 7.61. The van der Waals surface area contributed by atoms with Gasteiger partial charge >= 0.3 is 0 Å². The van der Waals surface area contributed by atoms with Gasteiger partial charge in [-0.15, -0.1) is 0 Å².